The summed E-state index contributed by atoms with van der Waals surface area (Å²) < 4.78 is 44.0. The molecule has 6 aliphatic heterocycles. The van der Waals surface area contributed by atoms with Crippen molar-refractivity contribution in [1.29, 1.82) is 10.5 Å². The van der Waals surface area contributed by atoms with Gasteiger partial charge in [-0.25, -0.2) is 28.1 Å². The monoisotopic (exact) mass is 974 g/mol. The standard InChI is InChI=1S/2C26H26FN7O2/c2*27-19-5-1-3-17(14-28)24(19)20-13-22(25-21(30-20)15-29-26(25)35)34-8-6-23(31-34)33-7-2-4-18(16-33)32-9-11-36-12-10-32/h2*1,3,5-6,8,13,18H,2,4,7,9-12,15-16H2,(H,29,35)/t18-;/m0./s1. The Morgan fingerprint density at radius 1 is 0.583 bits per heavy atom. The fourth-order valence-corrected chi connectivity index (χ4v) is 10.8. The number of halogens is 2. The van der Waals surface area contributed by atoms with Gasteiger partial charge >= 0.3 is 0 Å². The van der Waals surface area contributed by atoms with Crippen LogP contribution in [0.2, 0.25) is 0 Å². The van der Waals surface area contributed by atoms with Crippen LogP contribution < -0.4 is 20.4 Å². The lowest BCUT2D eigenvalue weighted by molar-refractivity contribution is 0.0136. The van der Waals surface area contributed by atoms with Gasteiger partial charge in [0.2, 0.25) is 0 Å². The van der Waals surface area contributed by atoms with Crippen LogP contribution in [0.15, 0.2) is 73.1 Å². The SMILES string of the molecule is N#Cc1cccc(F)c1-c1cc(-n2ccc(N3CCCC(N4CCOCC4)C3)n2)c2c(n1)CNC2=O.N#Cc1cccc(F)c1-c1cc(-n2ccc(N3CCC[C@H](N4CCOCC4)C3)n2)c2c(n1)CNC2=O. The first-order chi connectivity index (χ1) is 35.2. The number of carbonyl (C=O) groups is 2. The van der Waals surface area contributed by atoms with E-state index in [0.29, 0.717) is 57.4 Å². The van der Waals surface area contributed by atoms with E-state index in [-0.39, 0.29) is 47.2 Å². The second-order valence-corrected chi connectivity index (χ2v) is 18.6. The number of nitrogens with zero attached hydrogens (tertiary/aromatic N) is 12. The highest BCUT2D eigenvalue weighted by Crippen LogP contribution is 2.34. The number of nitrogens with one attached hydrogen (secondary N) is 2. The molecule has 4 fully saturated rings. The fraction of sp³-hybridized carbons (Fsp3) is 0.385. The average molecular weight is 975 g/mol. The molecule has 4 saturated heterocycles. The molecule has 0 radical (unpaired) electrons. The molecule has 6 aliphatic rings. The summed E-state index contributed by atoms with van der Waals surface area (Å²) in [5.74, 6) is 0.122. The van der Waals surface area contributed by atoms with Crippen molar-refractivity contribution in [2.75, 3.05) is 88.6 Å². The number of carbonyl (C=O) groups excluding carboxylic acids is 2. The third-order valence-corrected chi connectivity index (χ3v) is 14.4. The van der Waals surface area contributed by atoms with E-state index in [1.807, 2.05) is 36.7 Å². The number of aromatic nitrogens is 6. The summed E-state index contributed by atoms with van der Waals surface area (Å²) >= 11 is 0. The first-order valence-corrected chi connectivity index (χ1v) is 24.5. The maximum atomic E-state index is 14.8. The van der Waals surface area contributed by atoms with Crippen molar-refractivity contribution in [3.63, 3.8) is 0 Å². The number of anilines is 2. The number of piperidine rings is 2. The fourth-order valence-electron chi connectivity index (χ4n) is 10.8. The number of rotatable bonds is 8. The molecular formula is C52H52F2N14O4. The van der Waals surface area contributed by atoms with Gasteiger partial charge in [0.15, 0.2) is 11.6 Å². The predicted molar refractivity (Wildman–Crippen MR) is 261 cm³/mol. The molecule has 2 N–H and O–H groups in total. The molecule has 0 bridgehead atoms. The molecular weight excluding hydrogens is 923 g/mol. The summed E-state index contributed by atoms with van der Waals surface area (Å²) in [5, 5.41) is 34.4. The Kier molecular flexibility index (Phi) is 13.1. The van der Waals surface area contributed by atoms with E-state index in [4.69, 9.17) is 19.7 Å². The van der Waals surface area contributed by atoms with Gasteiger partial charge in [-0.2, -0.15) is 20.7 Å². The van der Waals surface area contributed by atoms with Crippen molar-refractivity contribution in [2.45, 2.75) is 50.9 Å². The largest absolute Gasteiger partial charge is 0.379 e. The first kappa shape index (κ1) is 46.7. The van der Waals surface area contributed by atoms with Gasteiger partial charge in [-0.15, -0.1) is 0 Å². The minimum absolute atomic E-state index is 0.125. The van der Waals surface area contributed by atoms with Crippen molar-refractivity contribution in [2.24, 2.45) is 0 Å². The van der Waals surface area contributed by atoms with Gasteiger partial charge in [-0.3, -0.25) is 19.4 Å². The Morgan fingerprint density at radius 2 is 1.01 bits per heavy atom. The zero-order valence-corrected chi connectivity index (χ0v) is 39.6. The summed E-state index contributed by atoms with van der Waals surface area (Å²) in [6, 6.07) is 20.9. The maximum absolute atomic E-state index is 14.8. The van der Waals surface area contributed by atoms with E-state index < -0.39 is 11.6 Å². The van der Waals surface area contributed by atoms with Gasteiger partial charge in [-0.05, 0) is 62.1 Å². The number of hydrogen-bond acceptors (Lipinski definition) is 14. The van der Waals surface area contributed by atoms with Crippen molar-refractivity contribution in [3.05, 3.63) is 118 Å². The first-order valence-electron chi connectivity index (χ1n) is 24.5. The lowest BCUT2D eigenvalue weighted by Crippen LogP contribution is -2.51. The summed E-state index contributed by atoms with van der Waals surface area (Å²) in [4.78, 5) is 44.0. The van der Waals surface area contributed by atoms with Gasteiger partial charge in [0, 0.05) is 89.0 Å². The predicted octanol–water partition coefficient (Wildman–Crippen LogP) is 4.98. The van der Waals surface area contributed by atoms with Gasteiger partial charge in [-0.1, -0.05) is 12.1 Å². The number of amides is 2. The van der Waals surface area contributed by atoms with Gasteiger partial charge in [0.1, 0.15) is 11.6 Å². The van der Waals surface area contributed by atoms with E-state index in [2.05, 4.69) is 40.2 Å². The number of ether oxygens (including phenoxy) is 2. The van der Waals surface area contributed by atoms with Crippen molar-refractivity contribution in [3.8, 4) is 46.0 Å². The molecule has 6 aromatic rings. The van der Waals surface area contributed by atoms with Crippen LogP contribution in [-0.2, 0) is 22.6 Å². The Labute approximate surface area is 414 Å². The van der Waals surface area contributed by atoms with Gasteiger partial charge < -0.3 is 29.9 Å². The van der Waals surface area contributed by atoms with Crippen LogP contribution in [0.5, 0.6) is 0 Å². The average Bonchev–Trinajstić information content (AvgIpc) is 4.27. The molecule has 4 aromatic heterocycles. The summed E-state index contributed by atoms with van der Waals surface area (Å²) in [6.45, 7) is 11.0. The Balaban J connectivity index is 0.000000156. The number of pyridine rings is 2. The molecule has 1 unspecified atom stereocenters. The summed E-state index contributed by atoms with van der Waals surface area (Å²) in [6.07, 6.45) is 8.12. The maximum Gasteiger partial charge on any atom is 0.255 e. The van der Waals surface area contributed by atoms with E-state index >= 15 is 0 Å². The summed E-state index contributed by atoms with van der Waals surface area (Å²) in [7, 11) is 0. The molecule has 2 amide bonds. The minimum atomic E-state index is -0.534. The van der Waals surface area contributed by atoms with Crippen molar-refractivity contribution >= 4 is 23.5 Å². The topological polar surface area (TPSA) is 199 Å². The van der Waals surface area contributed by atoms with Crippen LogP contribution in [0.1, 0.15) is 68.9 Å². The van der Waals surface area contributed by atoms with Crippen LogP contribution in [-0.4, -0.2) is 142 Å². The molecule has 368 valence electrons. The van der Waals surface area contributed by atoms with Crippen LogP contribution in [0.25, 0.3) is 33.9 Å². The molecule has 0 spiro atoms. The Bertz CT molecular complexity index is 2920. The Hall–Kier alpha value is -7.62. The molecule has 2 atom stereocenters. The molecule has 20 heteroatoms. The van der Waals surface area contributed by atoms with Crippen LogP contribution in [0, 0.1) is 34.3 Å². The van der Waals surface area contributed by atoms with Crippen LogP contribution >= 0.6 is 0 Å². The third-order valence-electron chi connectivity index (χ3n) is 14.4. The second-order valence-electron chi connectivity index (χ2n) is 18.6. The van der Waals surface area contributed by atoms with Crippen LogP contribution in [0.4, 0.5) is 20.4 Å². The Morgan fingerprint density at radius 3 is 1.43 bits per heavy atom. The second kappa shape index (κ2) is 20.2. The quantitative estimate of drug-likeness (QED) is 0.207. The number of nitriles is 2. The highest BCUT2D eigenvalue weighted by atomic mass is 19.1. The number of fused-ring (bicyclic) bond motifs is 2. The lowest BCUT2D eigenvalue weighted by atomic mass is 10.0. The van der Waals surface area contributed by atoms with Crippen molar-refractivity contribution in [1.82, 2.24) is 50.0 Å². The third kappa shape index (κ3) is 9.14. The summed E-state index contributed by atoms with van der Waals surface area (Å²) in [5.41, 5.74) is 4.15. The molecule has 18 nitrogen and oxygen atoms in total. The lowest BCUT2D eigenvalue weighted by Gasteiger charge is -2.40. The van der Waals surface area contributed by atoms with Crippen LogP contribution in [0.3, 0.4) is 0 Å². The molecule has 0 saturated carbocycles. The van der Waals surface area contributed by atoms with E-state index in [0.717, 1.165) is 116 Å². The van der Waals surface area contributed by atoms with E-state index in [9.17, 15) is 28.9 Å². The molecule has 0 aliphatic carbocycles. The highest BCUT2D eigenvalue weighted by molar-refractivity contribution is 6.02. The minimum Gasteiger partial charge on any atom is -0.379 e. The van der Waals surface area contributed by atoms with Gasteiger partial charge in [0.25, 0.3) is 11.8 Å². The van der Waals surface area contributed by atoms with E-state index in [1.165, 1.54) is 24.3 Å². The number of benzene rings is 2. The zero-order chi connectivity index (χ0) is 49.3. The highest BCUT2D eigenvalue weighted by Gasteiger charge is 2.33. The molecule has 12 rings (SSSR count). The van der Waals surface area contributed by atoms with Gasteiger partial charge in [0.05, 0.1) is 119 Å². The normalized spacial score (nSPS) is 20.2. The molecule has 2 aromatic carbocycles. The zero-order valence-electron chi connectivity index (χ0n) is 39.6. The molecule has 10 heterocycles. The number of hydrogen-bond donors (Lipinski definition) is 2. The number of morpholine rings is 2. The van der Waals surface area contributed by atoms with Crippen molar-refractivity contribution < 1.29 is 27.8 Å². The van der Waals surface area contributed by atoms with E-state index in [1.54, 1.807) is 33.6 Å². The smallest absolute Gasteiger partial charge is 0.255 e. The molecule has 72 heavy (non-hydrogen) atoms.